The van der Waals surface area contributed by atoms with Crippen molar-refractivity contribution >= 4 is 0 Å². The molecule has 1 atom stereocenters. The van der Waals surface area contributed by atoms with Crippen LogP contribution in [0.1, 0.15) is 31.0 Å². The standard InChI is InChI=1S/C17H21FN2O/c1-3-20-13(2)16-5-4-15(18)12-17(16)21-11-8-14-6-9-19-10-7-14/h4-7,9-10,12-13,20H,3,8,11H2,1-2H3. The third-order valence-corrected chi connectivity index (χ3v) is 3.35. The molecule has 0 fully saturated rings. The van der Waals surface area contributed by atoms with E-state index in [1.54, 1.807) is 18.5 Å². The summed E-state index contributed by atoms with van der Waals surface area (Å²) in [6.07, 6.45) is 4.29. The lowest BCUT2D eigenvalue weighted by Gasteiger charge is -2.17. The summed E-state index contributed by atoms with van der Waals surface area (Å²) in [5.74, 6) is 0.332. The van der Waals surface area contributed by atoms with E-state index in [9.17, 15) is 4.39 Å². The smallest absolute Gasteiger partial charge is 0.126 e. The predicted octanol–water partition coefficient (Wildman–Crippen LogP) is 3.51. The van der Waals surface area contributed by atoms with Crippen LogP contribution in [0.2, 0.25) is 0 Å². The van der Waals surface area contributed by atoms with Gasteiger partial charge >= 0.3 is 0 Å². The van der Waals surface area contributed by atoms with Crippen LogP contribution < -0.4 is 10.1 Å². The Bertz CT molecular complexity index is 560. The summed E-state index contributed by atoms with van der Waals surface area (Å²) in [5.41, 5.74) is 2.13. The van der Waals surface area contributed by atoms with Crippen LogP contribution in [-0.4, -0.2) is 18.1 Å². The van der Waals surface area contributed by atoms with Crippen LogP contribution in [0.15, 0.2) is 42.7 Å². The van der Waals surface area contributed by atoms with E-state index in [0.29, 0.717) is 12.4 Å². The Balaban J connectivity index is 2.02. The van der Waals surface area contributed by atoms with Crippen molar-refractivity contribution in [2.75, 3.05) is 13.2 Å². The molecule has 1 N–H and O–H groups in total. The lowest BCUT2D eigenvalue weighted by molar-refractivity contribution is 0.313. The average Bonchev–Trinajstić information content (AvgIpc) is 2.49. The number of benzene rings is 1. The van der Waals surface area contributed by atoms with E-state index in [0.717, 1.165) is 24.1 Å². The van der Waals surface area contributed by atoms with Crippen LogP contribution >= 0.6 is 0 Å². The van der Waals surface area contributed by atoms with Gasteiger partial charge in [0.05, 0.1) is 6.61 Å². The van der Waals surface area contributed by atoms with E-state index >= 15 is 0 Å². The zero-order chi connectivity index (χ0) is 15.1. The van der Waals surface area contributed by atoms with E-state index < -0.39 is 0 Å². The Hall–Kier alpha value is -1.94. The number of nitrogens with zero attached hydrogens (tertiary/aromatic N) is 1. The SMILES string of the molecule is CCNC(C)c1ccc(F)cc1OCCc1ccncc1. The summed E-state index contributed by atoms with van der Waals surface area (Å²) in [5, 5.41) is 3.32. The molecule has 1 unspecified atom stereocenters. The molecule has 21 heavy (non-hydrogen) atoms. The zero-order valence-corrected chi connectivity index (χ0v) is 12.5. The van der Waals surface area contributed by atoms with Crippen LogP contribution in [0.3, 0.4) is 0 Å². The van der Waals surface area contributed by atoms with Gasteiger partial charge in [-0.25, -0.2) is 4.39 Å². The maximum absolute atomic E-state index is 13.4. The van der Waals surface area contributed by atoms with Crippen LogP contribution in [-0.2, 0) is 6.42 Å². The monoisotopic (exact) mass is 288 g/mol. The van der Waals surface area contributed by atoms with Crippen molar-refractivity contribution in [3.63, 3.8) is 0 Å². The molecule has 0 saturated carbocycles. The molecule has 0 spiro atoms. The van der Waals surface area contributed by atoms with E-state index in [1.807, 2.05) is 26.0 Å². The summed E-state index contributed by atoms with van der Waals surface area (Å²) in [7, 11) is 0. The largest absolute Gasteiger partial charge is 0.493 e. The highest BCUT2D eigenvalue weighted by Crippen LogP contribution is 2.26. The molecule has 0 saturated heterocycles. The molecular weight excluding hydrogens is 267 g/mol. The minimum atomic E-state index is -0.277. The molecule has 0 amide bonds. The third-order valence-electron chi connectivity index (χ3n) is 3.35. The van der Waals surface area contributed by atoms with Gasteiger partial charge in [-0.15, -0.1) is 0 Å². The Morgan fingerprint density at radius 1 is 1.24 bits per heavy atom. The van der Waals surface area contributed by atoms with Crippen molar-refractivity contribution in [3.05, 3.63) is 59.7 Å². The molecule has 1 heterocycles. The van der Waals surface area contributed by atoms with Gasteiger partial charge in [0.25, 0.3) is 0 Å². The minimum absolute atomic E-state index is 0.131. The highest BCUT2D eigenvalue weighted by molar-refractivity contribution is 5.36. The summed E-state index contributed by atoms with van der Waals surface area (Å²) < 4.78 is 19.2. The maximum Gasteiger partial charge on any atom is 0.126 e. The number of ether oxygens (including phenoxy) is 1. The quantitative estimate of drug-likeness (QED) is 0.846. The van der Waals surface area contributed by atoms with Gasteiger partial charge < -0.3 is 10.1 Å². The van der Waals surface area contributed by atoms with Crippen LogP contribution in [0.25, 0.3) is 0 Å². The highest BCUT2D eigenvalue weighted by Gasteiger charge is 2.12. The molecule has 1 aromatic heterocycles. The Morgan fingerprint density at radius 2 is 2.00 bits per heavy atom. The van der Waals surface area contributed by atoms with Crippen molar-refractivity contribution in [3.8, 4) is 5.75 Å². The molecule has 0 aliphatic heterocycles. The Morgan fingerprint density at radius 3 is 2.71 bits per heavy atom. The van der Waals surface area contributed by atoms with Gasteiger partial charge in [0, 0.05) is 36.5 Å². The molecule has 0 bridgehead atoms. The molecule has 2 rings (SSSR count). The summed E-state index contributed by atoms with van der Waals surface area (Å²) >= 11 is 0. The number of halogens is 1. The molecule has 0 aliphatic carbocycles. The lowest BCUT2D eigenvalue weighted by Crippen LogP contribution is -2.19. The topological polar surface area (TPSA) is 34.1 Å². The molecule has 3 nitrogen and oxygen atoms in total. The van der Waals surface area contributed by atoms with Crippen molar-refractivity contribution in [2.45, 2.75) is 26.3 Å². The van der Waals surface area contributed by atoms with E-state index in [2.05, 4.69) is 10.3 Å². The minimum Gasteiger partial charge on any atom is -0.493 e. The first-order chi connectivity index (χ1) is 10.2. The van der Waals surface area contributed by atoms with Crippen LogP contribution in [0.5, 0.6) is 5.75 Å². The Labute approximate surface area is 125 Å². The first-order valence-corrected chi connectivity index (χ1v) is 7.25. The number of aromatic nitrogens is 1. The molecule has 112 valence electrons. The number of rotatable bonds is 7. The fourth-order valence-electron chi connectivity index (χ4n) is 2.24. The van der Waals surface area contributed by atoms with Gasteiger partial charge in [0.2, 0.25) is 0 Å². The molecule has 2 aromatic rings. The summed E-state index contributed by atoms with van der Waals surface area (Å²) in [6.45, 7) is 5.46. The third kappa shape index (κ3) is 4.53. The summed E-state index contributed by atoms with van der Waals surface area (Å²) in [6, 6.07) is 8.75. The van der Waals surface area contributed by atoms with Gasteiger partial charge in [0.1, 0.15) is 11.6 Å². The first-order valence-electron chi connectivity index (χ1n) is 7.25. The van der Waals surface area contributed by atoms with Crippen molar-refractivity contribution < 1.29 is 9.13 Å². The van der Waals surface area contributed by atoms with Gasteiger partial charge in [-0.1, -0.05) is 13.0 Å². The van der Waals surface area contributed by atoms with Crippen molar-refractivity contribution in [1.82, 2.24) is 10.3 Å². The number of pyridine rings is 1. The molecule has 1 aromatic carbocycles. The van der Waals surface area contributed by atoms with Gasteiger partial charge in [0.15, 0.2) is 0 Å². The fraction of sp³-hybridized carbons (Fsp3) is 0.353. The average molecular weight is 288 g/mol. The van der Waals surface area contributed by atoms with Crippen LogP contribution in [0.4, 0.5) is 4.39 Å². The lowest BCUT2D eigenvalue weighted by atomic mass is 10.1. The normalized spacial score (nSPS) is 12.1. The van der Waals surface area contributed by atoms with Crippen LogP contribution in [0, 0.1) is 5.82 Å². The van der Waals surface area contributed by atoms with Crippen molar-refractivity contribution in [1.29, 1.82) is 0 Å². The number of hydrogen-bond acceptors (Lipinski definition) is 3. The summed E-state index contributed by atoms with van der Waals surface area (Å²) in [4.78, 5) is 3.98. The fourth-order valence-corrected chi connectivity index (χ4v) is 2.24. The van der Waals surface area contributed by atoms with E-state index in [1.165, 1.54) is 12.1 Å². The second-order valence-corrected chi connectivity index (χ2v) is 4.92. The van der Waals surface area contributed by atoms with E-state index in [-0.39, 0.29) is 11.9 Å². The van der Waals surface area contributed by atoms with Gasteiger partial charge in [-0.2, -0.15) is 0 Å². The second-order valence-electron chi connectivity index (χ2n) is 4.92. The molecule has 4 heteroatoms. The molecule has 0 aliphatic rings. The molecule has 0 radical (unpaired) electrons. The van der Waals surface area contributed by atoms with E-state index in [4.69, 9.17) is 4.74 Å². The number of nitrogens with one attached hydrogen (secondary N) is 1. The van der Waals surface area contributed by atoms with Gasteiger partial charge in [-0.3, -0.25) is 4.98 Å². The Kier molecular flexibility index (Phi) is 5.69. The molecular formula is C17H21FN2O. The second kappa shape index (κ2) is 7.74. The van der Waals surface area contributed by atoms with Crippen molar-refractivity contribution in [2.24, 2.45) is 0 Å². The highest BCUT2D eigenvalue weighted by atomic mass is 19.1. The first kappa shape index (κ1) is 15.4. The zero-order valence-electron chi connectivity index (χ0n) is 12.5. The maximum atomic E-state index is 13.4. The predicted molar refractivity (Wildman–Crippen MR) is 81.9 cm³/mol. The number of hydrogen-bond donors (Lipinski definition) is 1. The van der Waals surface area contributed by atoms with Gasteiger partial charge in [-0.05, 0) is 37.2 Å².